The highest BCUT2D eigenvalue weighted by Crippen LogP contribution is 2.01. The van der Waals surface area contributed by atoms with Crippen molar-refractivity contribution < 1.29 is 4.79 Å². The highest BCUT2D eigenvalue weighted by atomic mass is 79.9. The third kappa shape index (κ3) is 7.09. The molecule has 0 radical (unpaired) electrons. The second-order valence-corrected chi connectivity index (χ2v) is 5.48. The molecule has 1 amide bonds. The lowest BCUT2D eigenvalue weighted by molar-refractivity contribution is -0.124. The summed E-state index contributed by atoms with van der Waals surface area (Å²) in [4.78, 5) is 11.6. The van der Waals surface area contributed by atoms with Crippen molar-refractivity contribution in [2.45, 2.75) is 39.3 Å². The van der Waals surface area contributed by atoms with E-state index in [1.54, 1.807) is 0 Å². The molecule has 82 valence electrons. The summed E-state index contributed by atoms with van der Waals surface area (Å²) in [5.74, 6) is 0.00579. The van der Waals surface area contributed by atoms with Gasteiger partial charge in [0.1, 0.15) is 0 Å². The summed E-state index contributed by atoms with van der Waals surface area (Å²) in [5.41, 5.74) is -0.182. The average Bonchev–Trinajstić information content (AvgIpc) is 1.96. The maximum atomic E-state index is 11.6. The van der Waals surface area contributed by atoms with E-state index < -0.39 is 0 Å². The first-order chi connectivity index (χ1) is 6.22. The SMILES string of the molecule is C=C(Br)CNC(C)C(=O)NC(C)(C)C. The average molecular weight is 263 g/mol. The fraction of sp³-hybridized carbons (Fsp3) is 0.700. The van der Waals surface area contributed by atoms with Gasteiger partial charge in [0.15, 0.2) is 0 Å². The molecule has 4 heteroatoms. The largest absolute Gasteiger partial charge is 0.350 e. The number of halogens is 1. The molecule has 0 rings (SSSR count). The maximum Gasteiger partial charge on any atom is 0.237 e. The van der Waals surface area contributed by atoms with Crippen LogP contribution in [0.25, 0.3) is 0 Å². The van der Waals surface area contributed by atoms with Crippen molar-refractivity contribution >= 4 is 21.8 Å². The molecule has 0 aromatic heterocycles. The topological polar surface area (TPSA) is 41.1 Å². The summed E-state index contributed by atoms with van der Waals surface area (Å²) in [5, 5.41) is 5.94. The fourth-order valence-electron chi connectivity index (χ4n) is 0.834. The van der Waals surface area contributed by atoms with Gasteiger partial charge >= 0.3 is 0 Å². The van der Waals surface area contributed by atoms with Crippen LogP contribution in [-0.2, 0) is 4.79 Å². The van der Waals surface area contributed by atoms with E-state index in [0.29, 0.717) is 6.54 Å². The van der Waals surface area contributed by atoms with Crippen molar-refractivity contribution in [2.75, 3.05) is 6.54 Å². The molecular formula is C10H19BrN2O. The van der Waals surface area contributed by atoms with Crippen LogP contribution in [0.2, 0.25) is 0 Å². The number of hydrogen-bond donors (Lipinski definition) is 2. The number of hydrogen-bond acceptors (Lipinski definition) is 2. The smallest absolute Gasteiger partial charge is 0.237 e. The Kier molecular flexibility index (Phi) is 5.37. The van der Waals surface area contributed by atoms with Gasteiger partial charge in [-0.25, -0.2) is 0 Å². The summed E-state index contributed by atoms with van der Waals surface area (Å²) in [6.45, 7) is 12.0. The third-order valence-corrected chi connectivity index (χ3v) is 1.77. The Bertz CT molecular complexity index is 221. The normalized spacial score (nSPS) is 13.5. The minimum Gasteiger partial charge on any atom is -0.350 e. The Balaban J connectivity index is 3.94. The van der Waals surface area contributed by atoms with Crippen molar-refractivity contribution in [2.24, 2.45) is 0 Å². The zero-order chi connectivity index (χ0) is 11.4. The van der Waals surface area contributed by atoms with Gasteiger partial charge in [-0.1, -0.05) is 22.5 Å². The maximum absolute atomic E-state index is 11.6. The lowest BCUT2D eigenvalue weighted by Crippen LogP contribution is -2.49. The van der Waals surface area contributed by atoms with Crippen LogP contribution in [0.3, 0.4) is 0 Å². The highest BCUT2D eigenvalue weighted by molar-refractivity contribution is 9.11. The molecule has 0 saturated heterocycles. The first kappa shape index (κ1) is 13.7. The van der Waals surface area contributed by atoms with Gasteiger partial charge in [-0.05, 0) is 27.7 Å². The van der Waals surface area contributed by atoms with Crippen LogP contribution in [0.1, 0.15) is 27.7 Å². The van der Waals surface area contributed by atoms with E-state index in [0.717, 1.165) is 4.48 Å². The molecule has 1 atom stereocenters. The molecule has 0 aliphatic carbocycles. The molecule has 0 bridgehead atoms. The van der Waals surface area contributed by atoms with E-state index in [9.17, 15) is 4.79 Å². The molecule has 0 aromatic carbocycles. The predicted molar refractivity (Wildman–Crippen MR) is 63.4 cm³/mol. The number of rotatable bonds is 4. The second-order valence-electron chi connectivity index (χ2n) is 4.36. The Labute approximate surface area is 94.5 Å². The minimum absolute atomic E-state index is 0.00579. The summed E-state index contributed by atoms with van der Waals surface area (Å²) in [7, 11) is 0. The van der Waals surface area contributed by atoms with Crippen LogP contribution >= 0.6 is 15.9 Å². The van der Waals surface area contributed by atoms with Crippen molar-refractivity contribution in [3.8, 4) is 0 Å². The van der Waals surface area contributed by atoms with E-state index in [1.807, 2.05) is 27.7 Å². The lowest BCUT2D eigenvalue weighted by atomic mass is 10.1. The third-order valence-electron chi connectivity index (χ3n) is 1.49. The van der Waals surface area contributed by atoms with Gasteiger partial charge in [-0.3, -0.25) is 4.79 Å². The minimum atomic E-state index is -0.205. The molecule has 0 saturated carbocycles. The highest BCUT2D eigenvalue weighted by Gasteiger charge is 2.18. The zero-order valence-corrected chi connectivity index (χ0v) is 10.9. The van der Waals surface area contributed by atoms with Crippen molar-refractivity contribution in [1.82, 2.24) is 10.6 Å². The monoisotopic (exact) mass is 262 g/mol. The zero-order valence-electron chi connectivity index (χ0n) is 9.28. The fourth-order valence-corrected chi connectivity index (χ4v) is 0.996. The van der Waals surface area contributed by atoms with Crippen LogP contribution in [0.15, 0.2) is 11.1 Å². The number of nitrogens with one attached hydrogen (secondary N) is 2. The van der Waals surface area contributed by atoms with E-state index in [-0.39, 0.29) is 17.5 Å². The Morgan fingerprint density at radius 3 is 2.36 bits per heavy atom. The second kappa shape index (κ2) is 5.51. The molecule has 1 unspecified atom stereocenters. The molecular weight excluding hydrogens is 244 g/mol. The summed E-state index contributed by atoms with van der Waals surface area (Å²) in [6, 6.07) is -0.205. The van der Waals surface area contributed by atoms with E-state index in [4.69, 9.17) is 0 Å². The standard InChI is InChI=1S/C10H19BrN2O/c1-7(11)6-12-8(2)9(14)13-10(3,4)5/h8,12H,1,6H2,2-5H3,(H,13,14). The molecule has 3 nitrogen and oxygen atoms in total. The van der Waals surface area contributed by atoms with Gasteiger partial charge in [-0.2, -0.15) is 0 Å². The molecule has 0 aliphatic rings. The van der Waals surface area contributed by atoms with Gasteiger partial charge in [0, 0.05) is 16.6 Å². The first-order valence-corrected chi connectivity index (χ1v) is 5.40. The first-order valence-electron chi connectivity index (χ1n) is 4.61. The van der Waals surface area contributed by atoms with Gasteiger partial charge in [0.2, 0.25) is 5.91 Å². The van der Waals surface area contributed by atoms with E-state index in [1.165, 1.54) is 0 Å². The predicted octanol–water partition coefficient (Wildman–Crippen LogP) is 1.79. The van der Waals surface area contributed by atoms with Gasteiger partial charge in [0.25, 0.3) is 0 Å². The molecule has 0 aromatic rings. The van der Waals surface area contributed by atoms with Crippen LogP contribution in [-0.4, -0.2) is 24.0 Å². The van der Waals surface area contributed by atoms with Crippen molar-refractivity contribution in [3.63, 3.8) is 0 Å². The number of carbonyl (C=O) groups excluding carboxylic acids is 1. The molecule has 0 aliphatic heterocycles. The number of carbonyl (C=O) groups is 1. The Morgan fingerprint density at radius 1 is 1.50 bits per heavy atom. The Hall–Kier alpha value is -0.350. The summed E-state index contributed by atoms with van der Waals surface area (Å²) >= 11 is 3.22. The van der Waals surface area contributed by atoms with Crippen LogP contribution in [0.5, 0.6) is 0 Å². The Morgan fingerprint density at radius 2 is 2.00 bits per heavy atom. The number of amides is 1. The lowest BCUT2D eigenvalue weighted by Gasteiger charge is -2.23. The molecule has 14 heavy (non-hydrogen) atoms. The molecule has 2 N–H and O–H groups in total. The molecule has 0 spiro atoms. The van der Waals surface area contributed by atoms with Crippen molar-refractivity contribution in [3.05, 3.63) is 11.1 Å². The molecule has 0 heterocycles. The molecule has 0 fully saturated rings. The van der Waals surface area contributed by atoms with E-state index in [2.05, 4.69) is 33.1 Å². The summed E-state index contributed by atoms with van der Waals surface area (Å²) in [6.07, 6.45) is 0. The quantitative estimate of drug-likeness (QED) is 0.811. The van der Waals surface area contributed by atoms with Crippen LogP contribution in [0.4, 0.5) is 0 Å². The van der Waals surface area contributed by atoms with Gasteiger partial charge in [-0.15, -0.1) is 0 Å². The van der Waals surface area contributed by atoms with Crippen LogP contribution in [0, 0.1) is 0 Å². The summed E-state index contributed by atoms with van der Waals surface area (Å²) < 4.78 is 0.841. The van der Waals surface area contributed by atoms with Crippen molar-refractivity contribution in [1.29, 1.82) is 0 Å². The van der Waals surface area contributed by atoms with E-state index >= 15 is 0 Å². The van der Waals surface area contributed by atoms with Gasteiger partial charge < -0.3 is 10.6 Å². The van der Waals surface area contributed by atoms with Gasteiger partial charge in [0.05, 0.1) is 6.04 Å². The van der Waals surface area contributed by atoms with Crippen LogP contribution < -0.4 is 10.6 Å².